The number of unbranched alkanes of at least 4 members (excludes halogenated alkanes) is 1. The van der Waals surface area contributed by atoms with Gasteiger partial charge in [0, 0.05) is 56.2 Å². The second-order valence-electron chi connectivity index (χ2n) is 11.5. The fourth-order valence-corrected chi connectivity index (χ4v) is 5.87. The third-order valence-electron chi connectivity index (χ3n) is 8.22. The lowest BCUT2D eigenvalue weighted by Crippen LogP contribution is -2.46. The zero-order valence-corrected chi connectivity index (χ0v) is 22.6. The van der Waals surface area contributed by atoms with E-state index in [4.69, 9.17) is 0 Å². The zero-order valence-electron chi connectivity index (χ0n) is 21.7. The third kappa shape index (κ3) is 6.69. The molecular weight excluding hydrogens is 426 g/mol. The molecule has 33 heavy (non-hydrogen) atoms. The SMILES string of the molecule is CCCCN1CCN(c2ccc(N3CCCCC3)cc2C2=CCC(C(C)(C)C)CC2)CC1.Cl. The summed E-state index contributed by atoms with van der Waals surface area (Å²) in [6.45, 7) is 18.0. The highest BCUT2D eigenvalue weighted by Gasteiger charge is 2.28. The number of halogens is 1. The maximum Gasteiger partial charge on any atom is 0.0444 e. The third-order valence-corrected chi connectivity index (χ3v) is 8.22. The summed E-state index contributed by atoms with van der Waals surface area (Å²) in [4.78, 5) is 7.96. The fraction of sp³-hybridized carbons (Fsp3) is 0.724. The Labute approximate surface area is 210 Å². The van der Waals surface area contributed by atoms with Gasteiger partial charge in [0.05, 0.1) is 0 Å². The highest BCUT2D eigenvalue weighted by Crippen LogP contribution is 2.42. The predicted molar refractivity (Wildman–Crippen MR) is 148 cm³/mol. The molecule has 4 rings (SSSR count). The first kappa shape index (κ1) is 26.4. The summed E-state index contributed by atoms with van der Waals surface area (Å²) >= 11 is 0. The first-order valence-electron chi connectivity index (χ1n) is 13.5. The number of allylic oxidation sites excluding steroid dienone is 2. The van der Waals surface area contributed by atoms with Gasteiger partial charge in [0.2, 0.25) is 0 Å². The minimum Gasteiger partial charge on any atom is -0.372 e. The van der Waals surface area contributed by atoms with Crippen LogP contribution in [0, 0.1) is 11.3 Å². The van der Waals surface area contributed by atoms with Crippen LogP contribution in [0.4, 0.5) is 11.4 Å². The van der Waals surface area contributed by atoms with Crippen molar-refractivity contribution in [3.8, 4) is 0 Å². The standard InChI is InChI=1S/C29H47N3.ClH/c1-5-6-16-30-19-21-32(22-20-30)28-15-14-26(31-17-8-7-9-18-31)23-27(28)24-10-12-25(13-11-24)29(2,3)4;/h10,14-15,23,25H,5-9,11-13,16-22H2,1-4H3;1H. The van der Waals surface area contributed by atoms with Crippen molar-refractivity contribution in [2.75, 3.05) is 55.6 Å². The summed E-state index contributed by atoms with van der Waals surface area (Å²) in [5, 5.41) is 0. The number of nitrogens with zero attached hydrogens (tertiary/aromatic N) is 3. The first-order chi connectivity index (χ1) is 15.5. The van der Waals surface area contributed by atoms with Crippen molar-refractivity contribution in [2.45, 2.75) is 79.1 Å². The van der Waals surface area contributed by atoms with Gasteiger partial charge >= 0.3 is 0 Å². The van der Waals surface area contributed by atoms with E-state index in [1.165, 1.54) is 101 Å². The van der Waals surface area contributed by atoms with Gasteiger partial charge in [0.25, 0.3) is 0 Å². The van der Waals surface area contributed by atoms with E-state index in [0.29, 0.717) is 5.41 Å². The largest absolute Gasteiger partial charge is 0.372 e. The van der Waals surface area contributed by atoms with Gasteiger partial charge in [-0.1, -0.05) is 40.2 Å². The number of anilines is 2. The molecule has 1 aromatic rings. The summed E-state index contributed by atoms with van der Waals surface area (Å²) in [6.07, 6.45) is 13.1. The Balaban J connectivity index is 0.00000306. The molecule has 3 aliphatic rings. The molecular formula is C29H48ClN3. The van der Waals surface area contributed by atoms with Crippen LogP contribution >= 0.6 is 12.4 Å². The Kier molecular flexibility index (Phi) is 9.59. The summed E-state index contributed by atoms with van der Waals surface area (Å²) in [7, 11) is 0. The molecule has 0 radical (unpaired) electrons. The first-order valence-corrected chi connectivity index (χ1v) is 13.5. The number of piperidine rings is 1. The Morgan fingerprint density at radius 2 is 1.64 bits per heavy atom. The van der Waals surface area contributed by atoms with Gasteiger partial charge in [-0.25, -0.2) is 0 Å². The van der Waals surface area contributed by atoms with Gasteiger partial charge < -0.3 is 9.80 Å². The predicted octanol–water partition coefficient (Wildman–Crippen LogP) is 7.25. The molecule has 0 saturated carbocycles. The summed E-state index contributed by atoms with van der Waals surface area (Å²) in [6, 6.07) is 7.42. The minimum atomic E-state index is 0. The van der Waals surface area contributed by atoms with Gasteiger partial charge in [-0.3, -0.25) is 4.90 Å². The smallest absolute Gasteiger partial charge is 0.0444 e. The van der Waals surface area contributed by atoms with Crippen LogP contribution in [0.3, 0.4) is 0 Å². The second kappa shape index (κ2) is 12.0. The molecule has 1 unspecified atom stereocenters. The summed E-state index contributed by atoms with van der Waals surface area (Å²) in [5.74, 6) is 0.807. The monoisotopic (exact) mass is 473 g/mol. The topological polar surface area (TPSA) is 9.72 Å². The van der Waals surface area contributed by atoms with Crippen LogP contribution < -0.4 is 9.80 Å². The Morgan fingerprint density at radius 3 is 2.24 bits per heavy atom. The lowest BCUT2D eigenvalue weighted by atomic mass is 9.72. The van der Waals surface area contributed by atoms with E-state index in [2.05, 4.69) is 66.7 Å². The van der Waals surface area contributed by atoms with Gasteiger partial charge in [0.15, 0.2) is 0 Å². The number of hydrogen-bond acceptors (Lipinski definition) is 3. The van der Waals surface area contributed by atoms with E-state index in [1.807, 2.05) is 0 Å². The van der Waals surface area contributed by atoms with Crippen LogP contribution in [-0.2, 0) is 0 Å². The molecule has 0 amide bonds. The van der Waals surface area contributed by atoms with Crippen LogP contribution in [-0.4, -0.2) is 50.7 Å². The van der Waals surface area contributed by atoms with Crippen LogP contribution in [0.5, 0.6) is 0 Å². The molecule has 4 heteroatoms. The molecule has 0 bridgehead atoms. The highest BCUT2D eigenvalue weighted by molar-refractivity contribution is 5.85. The Hall–Kier alpha value is -1.19. The molecule has 0 aromatic heterocycles. The maximum absolute atomic E-state index is 2.68. The molecule has 1 atom stereocenters. The second-order valence-corrected chi connectivity index (χ2v) is 11.5. The van der Waals surface area contributed by atoms with Crippen LogP contribution in [0.1, 0.15) is 84.6 Å². The molecule has 2 saturated heterocycles. The molecule has 2 aliphatic heterocycles. The fourth-order valence-electron chi connectivity index (χ4n) is 5.87. The number of hydrogen-bond donors (Lipinski definition) is 0. The number of benzene rings is 1. The molecule has 186 valence electrons. The van der Waals surface area contributed by atoms with Crippen molar-refractivity contribution in [1.82, 2.24) is 4.90 Å². The van der Waals surface area contributed by atoms with Gasteiger partial charge in [-0.2, -0.15) is 0 Å². The van der Waals surface area contributed by atoms with Gasteiger partial charge in [-0.05, 0) is 86.6 Å². The van der Waals surface area contributed by atoms with E-state index < -0.39 is 0 Å². The Morgan fingerprint density at radius 1 is 0.909 bits per heavy atom. The van der Waals surface area contributed by atoms with Crippen LogP contribution in [0.25, 0.3) is 5.57 Å². The van der Waals surface area contributed by atoms with Gasteiger partial charge in [-0.15, -0.1) is 12.4 Å². The summed E-state index contributed by atoms with van der Waals surface area (Å²) < 4.78 is 0. The zero-order chi connectivity index (χ0) is 22.6. The molecule has 1 aromatic carbocycles. The number of piperazine rings is 1. The average molecular weight is 474 g/mol. The lowest BCUT2D eigenvalue weighted by Gasteiger charge is -2.39. The molecule has 1 aliphatic carbocycles. The molecule has 2 fully saturated rings. The van der Waals surface area contributed by atoms with Crippen molar-refractivity contribution in [3.63, 3.8) is 0 Å². The molecule has 0 spiro atoms. The molecule has 3 nitrogen and oxygen atoms in total. The van der Waals surface area contributed by atoms with Crippen molar-refractivity contribution in [2.24, 2.45) is 11.3 Å². The maximum atomic E-state index is 2.68. The van der Waals surface area contributed by atoms with E-state index >= 15 is 0 Å². The van der Waals surface area contributed by atoms with E-state index in [1.54, 1.807) is 5.57 Å². The lowest BCUT2D eigenvalue weighted by molar-refractivity contribution is 0.225. The highest BCUT2D eigenvalue weighted by atomic mass is 35.5. The quantitative estimate of drug-likeness (QED) is 0.430. The van der Waals surface area contributed by atoms with Crippen molar-refractivity contribution in [3.05, 3.63) is 29.8 Å². The van der Waals surface area contributed by atoms with E-state index in [-0.39, 0.29) is 12.4 Å². The molecule has 2 heterocycles. The van der Waals surface area contributed by atoms with Crippen molar-refractivity contribution < 1.29 is 0 Å². The van der Waals surface area contributed by atoms with Crippen LogP contribution in [0.15, 0.2) is 24.3 Å². The Bertz CT molecular complexity index is 768. The minimum absolute atomic E-state index is 0. The van der Waals surface area contributed by atoms with Gasteiger partial charge in [0.1, 0.15) is 0 Å². The van der Waals surface area contributed by atoms with Crippen molar-refractivity contribution >= 4 is 29.4 Å². The molecule has 0 N–H and O–H groups in total. The summed E-state index contributed by atoms with van der Waals surface area (Å²) in [5.41, 5.74) is 6.48. The van der Waals surface area contributed by atoms with E-state index in [9.17, 15) is 0 Å². The van der Waals surface area contributed by atoms with E-state index in [0.717, 1.165) is 19.0 Å². The van der Waals surface area contributed by atoms with Crippen molar-refractivity contribution in [1.29, 1.82) is 0 Å². The van der Waals surface area contributed by atoms with Crippen LogP contribution in [0.2, 0.25) is 0 Å². The average Bonchev–Trinajstić information content (AvgIpc) is 2.83. The number of rotatable bonds is 6. The normalized spacial score (nSPS) is 22.7.